The van der Waals surface area contributed by atoms with Gasteiger partial charge in [0.15, 0.2) is 0 Å². The highest BCUT2D eigenvalue weighted by molar-refractivity contribution is 5.78. The van der Waals surface area contributed by atoms with Gasteiger partial charge in [0.2, 0.25) is 0 Å². The number of ether oxygens (including phenoxy) is 2. The zero-order chi connectivity index (χ0) is 17.0. The van der Waals surface area contributed by atoms with Gasteiger partial charge in [0.25, 0.3) is 0 Å². The predicted octanol–water partition coefficient (Wildman–Crippen LogP) is 3.79. The van der Waals surface area contributed by atoms with Gasteiger partial charge in [-0.05, 0) is 36.5 Å². The number of benzene rings is 2. The van der Waals surface area contributed by atoms with E-state index in [1.165, 1.54) is 0 Å². The van der Waals surface area contributed by atoms with Gasteiger partial charge in [-0.2, -0.15) is 0 Å². The Labute approximate surface area is 142 Å². The first-order valence-corrected chi connectivity index (χ1v) is 8.19. The number of rotatable bonds is 5. The lowest BCUT2D eigenvalue weighted by Crippen LogP contribution is -2.39. The minimum atomic E-state index is -0.754. The second kappa shape index (κ2) is 7.05. The minimum absolute atomic E-state index is 0.500. The van der Waals surface area contributed by atoms with Crippen LogP contribution in [-0.4, -0.2) is 31.4 Å². The normalized spacial score (nSPS) is 16.5. The lowest BCUT2D eigenvalue weighted by molar-refractivity contribution is -0.154. The molecule has 0 unspecified atom stereocenters. The Morgan fingerprint density at radius 2 is 1.71 bits per heavy atom. The van der Waals surface area contributed by atoms with E-state index in [9.17, 15) is 9.90 Å². The molecule has 126 valence electrons. The Kier molecular flexibility index (Phi) is 4.86. The maximum atomic E-state index is 12.0. The molecule has 2 aromatic carbocycles. The van der Waals surface area contributed by atoms with Crippen molar-refractivity contribution in [3.8, 4) is 16.9 Å². The second-order valence-electron chi connectivity index (χ2n) is 6.23. The fraction of sp³-hybridized carbons (Fsp3) is 0.350. The summed E-state index contributed by atoms with van der Waals surface area (Å²) in [5.41, 5.74) is 2.30. The summed E-state index contributed by atoms with van der Waals surface area (Å²) >= 11 is 0. The van der Waals surface area contributed by atoms with Crippen LogP contribution in [0.15, 0.2) is 48.5 Å². The van der Waals surface area contributed by atoms with Crippen LogP contribution in [0.5, 0.6) is 5.75 Å². The summed E-state index contributed by atoms with van der Waals surface area (Å²) < 4.78 is 10.9. The van der Waals surface area contributed by atoms with Crippen molar-refractivity contribution in [2.75, 3.05) is 20.3 Å². The molecule has 1 N–H and O–H groups in total. The van der Waals surface area contributed by atoms with Crippen LogP contribution >= 0.6 is 0 Å². The zero-order valence-corrected chi connectivity index (χ0v) is 13.8. The smallest absolute Gasteiger partial charge is 0.310 e. The summed E-state index contributed by atoms with van der Waals surface area (Å²) in [4.78, 5) is 12.0. The van der Waals surface area contributed by atoms with Gasteiger partial charge in [0.1, 0.15) is 5.75 Å². The molecule has 1 saturated heterocycles. The summed E-state index contributed by atoms with van der Waals surface area (Å²) in [5.74, 6) is 0.0573. The molecule has 24 heavy (non-hydrogen) atoms. The maximum Gasteiger partial charge on any atom is 0.310 e. The molecule has 0 aliphatic carbocycles. The number of para-hydroxylation sites is 1. The van der Waals surface area contributed by atoms with Crippen molar-refractivity contribution < 1.29 is 19.4 Å². The van der Waals surface area contributed by atoms with Crippen LogP contribution in [-0.2, 0) is 16.0 Å². The van der Waals surface area contributed by atoms with Gasteiger partial charge < -0.3 is 14.6 Å². The fourth-order valence-electron chi connectivity index (χ4n) is 3.40. The third kappa shape index (κ3) is 3.15. The minimum Gasteiger partial charge on any atom is -0.496 e. The van der Waals surface area contributed by atoms with E-state index in [1.807, 2.05) is 48.5 Å². The molecule has 0 aromatic heterocycles. The van der Waals surface area contributed by atoms with E-state index < -0.39 is 11.4 Å². The molecule has 0 saturated carbocycles. The molecular weight excluding hydrogens is 304 g/mol. The SMILES string of the molecule is COc1ccccc1-c1ccccc1CC1(C(=O)O)CCOCC1. The van der Waals surface area contributed by atoms with Crippen LogP contribution in [0, 0.1) is 5.41 Å². The van der Waals surface area contributed by atoms with Crippen LogP contribution in [0.3, 0.4) is 0 Å². The van der Waals surface area contributed by atoms with Gasteiger partial charge >= 0.3 is 5.97 Å². The predicted molar refractivity (Wildman–Crippen MR) is 92.3 cm³/mol. The van der Waals surface area contributed by atoms with E-state index >= 15 is 0 Å². The average molecular weight is 326 g/mol. The molecule has 2 aromatic rings. The first-order valence-electron chi connectivity index (χ1n) is 8.19. The molecule has 0 atom stereocenters. The molecule has 0 amide bonds. The largest absolute Gasteiger partial charge is 0.496 e. The Bertz CT molecular complexity index is 717. The molecular formula is C20H22O4. The lowest BCUT2D eigenvalue weighted by Gasteiger charge is -2.33. The summed E-state index contributed by atoms with van der Waals surface area (Å²) in [5, 5.41) is 9.83. The summed E-state index contributed by atoms with van der Waals surface area (Å²) in [6.07, 6.45) is 1.59. The van der Waals surface area contributed by atoms with E-state index in [0.29, 0.717) is 32.5 Å². The topological polar surface area (TPSA) is 55.8 Å². The molecule has 0 spiro atoms. The molecule has 4 nitrogen and oxygen atoms in total. The third-order valence-corrected chi connectivity index (χ3v) is 4.85. The summed E-state index contributed by atoms with van der Waals surface area (Å²) in [6, 6.07) is 15.8. The first-order chi connectivity index (χ1) is 11.7. The van der Waals surface area contributed by atoms with E-state index in [-0.39, 0.29) is 0 Å². The zero-order valence-electron chi connectivity index (χ0n) is 13.8. The molecule has 4 heteroatoms. The van der Waals surface area contributed by atoms with Crippen molar-refractivity contribution in [2.45, 2.75) is 19.3 Å². The second-order valence-corrected chi connectivity index (χ2v) is 6.23. The van der Waals surface area contributed by atoms with E-state index in [2.05, 4.69) is 0 Å². The molecule has 0 radical (unpaired) electrons. The maximum absolute atomic E-state index is 12.0. The molecule has 1 aliphatic heterocycles. The van der Waals surface area contributed by atoms with E-state index in [1.54, 1.807) is 7.11 Å². The van der Waals surface area contributed by atoms with Crippen molar-refractivity contribution in [1.29, 1.82) is 0 Å². The average Bonchev–Trinajstić information content (AvgIpc) is 2.63. The lowest BCUT2D eigenvalue weighted by atomic mass is 9.74. The van der Waals surface area contributed by atoms with Gasteiger partial charge in [-0.3, -0.25) is 4.79 Å². The summed E-state index contributed by atoms with van der Waals surface area (Å²) in [6.45, 7) is 1.01. The number of carboxylic acids is 1. The van der Waals surface area contributed by atoms with Gasteiger partial charge in [-0.15, -0.1) is 0 Å². The number of hydrogen-bond donors (Lipinski definition) is 1. The highest BCUT2D eigenvalue weighted by Crippen LogP contribution is 2.39. The van der Waals surface area contributed by atoms with E-state index in [4.69, 9.17) is 9.47 Å². The molecule has 3 rings (SSSR count). The van der Waals surface area contributed by atoms with Crippen molar-refractivity contribution in [3.05, 3.63) is 54.1 Å². The van der Waals surface area contributed by atoms with Crippen molar-refractivity contribution in [1.82, 2.24) is 0 Å². The third-order valence-electron chi connectivity index (χ3n) is 4.85. The Hall–Kier alpha value is -2.33. The summed E-state index contributed by atoms with van der Waals surface area (Å²) in [7, 11) is 1.65. The molecule has 1 fully saturated rings. The van der Waals surface area contributed by atoms with Crippen molar-refractivity contribution in [3.63, 3.8) is 0 Å². The van der Waals surface area contributed by atoms with E-state index in [0.717, 1.165) is 22.4 Å². The Balaban J connectivity index is 2.02. The van der Waals surface area contributed by atoms with Crippen LogP contribution in [0.1, 0.15) is 18.4 Å². The first kappa shape index (κ1) is 16.5. The Morgan fingerprint density at radius 3 is 2.38 bits per heavy atom. The van der Waals surface area contributed by atoms with Crippen LogP contribution in [0.2, 0.25) is 0 Å². The number of methoxy groups -OCH3 is 1. The number of hydrogen-bond acceptors (Lipinski definition) is 3. The van der Waals surface area contributed by atoms with Crippen molar-refractivity contribution >= 4 is 5.97 Å². The fourth-order valence-corrected chi connectivity index (χ4v) is 3.40. The highest BCUT2D eigenvalue weighted by Gasteiger charge is 2.40. The van der Waals surface area contributed by atoms with Crippen LogP contribution < -0.4 is 4.74 Å². The van der Waals surface area contributed by atoms with Crippen LogP contribution in [0.4, 0.5) is 0 Å². The van der Waals surface area contributed by atoms with Gasteiger partial charge in [0, 0.05) is 18.8 Å². The van der Waals surface area contributed by atoms with Gasteiger partial charge in [-0.25, -0.2) is 0 Å². The van der Waals surface area contributed by atoms with Gasteiger partial charge in [-0.1, -0.05) is 42.5 Å². The molecule has 1 heterocycles. The van der Waals surface area contributed by atoms with Crippen LogP contribution in [0.25, 0.3) is 11.1 Å². The monoisotopic (exact) mass is 326 g/mol. The number of aliphatic carboxylic acids is 1. The number of carbonyl (C=O) groups is 1. The Morgan fingerprint density at radius 1 is 1.08 bits per heavy atom. The quantitative estimate of drug-likeness (QED) is 0.908. The molecule has 0 bridgehead atoms. The number of carboxylic acid groups (broad SMARTS) is 1. The molecule has 1 aliphatic rings. The van der Waals surface area contributed by atoms with Crippen molar-refractivity contribution in [2.24, 2.45) is 5.41 Å². The highest BCUT2D eigenvalue weighted by atomic mass is 16.5. The van der Waals surface area contributed by atoms with Gasteiger partial charge in [0.05, 0.1) is 12.5 Å². The standard InChI is InChI=1S/C20H22O4/c1-23-18-9-5-4-8-17(18)16-7-3-2-6-15(16)14-20(19(21)22)10-12-24-13-11-20/h2-9H,10-14H2,1H3,(H,21,22).